The molecule has 0 unspecified atom stereocenters. The first-order valence-electron chi connectivity index (χ1n) is 10.9. The minimum atomic E-state index is 0.442. The molecule has 0 atom stereocenters. The third-order valence-electron chi connectivity index (χ3n) is 4.97. The van der Waals surface area contributed by atoms with Crippen LogP contribution in [0, 0.1) is 0 Å². The van der Waals surface area contributed by atoms with Crippen molar-refractivity contribution in [1.29, 1.82) is 0 Å². The number of rotatable bonds is 10. The number of thioether (sulfide) groups is 1. The summed E-state index contributed by atoms with van der Waals surface area (Å²) in [5.74, 6) is 2.33. The summed E-state index contributed by atoms with van der Waals surface area (Å²) < 4.78 is 7.88. The summed E-state index contributed by atoms with van der Waals surface area (Å²) in [6, 6.07) is 23.3. The largest absolute Gasteiger partial charge is 0.488 e. The van der Waals surface area contributed by atoms with Crippen LogP contribution < -0.4 is 4.74 Å². The Morgan fingerprint density at radius 2 is 1.59 bits per heavy atom. The first kappa shape index (κ1) is 24.3. The molecule has 8 heteroatoms. The number of para-hydroxylation sites is 1. The second-order valence-electron chi connectivity index (χ2n) is 7.57. The highest BCUT2D eigenvalue weighted by Crippen LogP contribution is 2.24. The van der Waals surface area contributed by atoms with Crippen molar-refractivity contribution < 1.29 is 4.74 Å². The van der Waals surface area contributed by atoms with Crippen LogP contribution in [0.3, 0.4) is 0 Å². The number of nitrogens with zero attached hydrogens (tertiary/aromatic N) is 4. The molecule has 0 aliphatic carbocycles. The van der Waals surface area contributed by atoms with Gasteiger partial charge in [0.15, 0.2) is 5.82 Å². The van der Waals surface area contributed by atoms with Gasteiger partial charge in [0.25, 0.3) is 0 Å². The number of aryl methyl sites for hydroxylation is 1. The van der Waals surface area contributed by atoms with Gasteiger partial charge in [0, 0.05) is 27.8 Å². The molecule has 4 rings (SSSR count). The van der Waals surface area contributed by atoms with E-state index in [9.17, 15) is 0 Å². The van der Waals surface area contributed by atoms with E-state index in [1.165, 1.54) is 0 Å². The van der Waals surface area contributed by atoms with Crippen LogP contribution in [-0.4, -0.2) is 21.1 Å². The van der Waals surface area contributed by atoms with E-state index < -0.39 is 0 Å². The topological polar surface area (TPSA) is 52.3 Å². The molecule has 3 aromatic carbocycles. The Balaban J connectivity index is 1.51. The quantitative estimate of drug-likeness (QED) is 0.166. The Morgan fingerprint density at radius 3 is 2.29 bits per heavy atom. The predicted molar refractivity (Wildman–Crippen MR) is 140 cm³/mol. The molecule has 0 spiro atoms. The maximum Gasteiger partial charge on any atom is 0.212 e. The van der Waals surface area contributed by atoms with Crippen molar-refractivity contribution in [3.8, 4) is 5.75 Å². The molecule has 174 valence electrons. The highest BCUT2D eigenvalue weighted by molar-refractivity contribution is 7.98. The van der Waals surface area contributed by atoms with Gasteiger partial charge in [-0.15, -0.1) is 10.2 Å². The fourth-order valence-corrected chi connectivity index (χ4v) is 4.30. The van der Waals surface area contributed by atoms with Crippen LogP contribution in [-0.2, 0) is 18.8 Å². The summed E-state index contributed by atoms with van der Waals surface area (Å²) in [6.45, 7) is 2.56. The van der Waals surface area contributed by atoms with Gasteiger partial charge in [-0.25, -0.2) is 0 Å². The van der Waals surface area contributed by atoms with Crippen LogP contribution in [0.15, 0.2) is 83.1 Å². The second kappa shape index (κ2) is 12.1. The number of halogens is 2. The van der Waals surface area contributed by atoms with Gasteiger partial charge in [0.1, 0.15) is 12.4 Å². The van der Waals surface area contributed by atoms with Crippen molar-refractivity contribution >= 4 is 41.2 Å². The fraction of sp³-hybridized carbons (Fsp3) is 0.192. The molecule has 1 heterocycles. The van der Waals surface area contributed by atoms with E-state index in [4.69, 9.17) is 33.0 Å². The summed E-state index contributed by atoms with van der Waals surface area (Å²) in [7, 11) is 0. The maximum atomic E-state index is 6.07. The molecule has 5 nitrogen and oxygen atoms in total. The summed E-state index contributed by atoms with van der Waals surface area (Å²) >= 11 is 13.6. The molecule has 0 aliphatic rings. The lowest BCUT2D eigenvalue weighted by Gasteiger charge is -2.09. The molecule has 34 heavy (non-hydrogen) atoms. The Bertz CT molecular complexity index is 1240. The Labute approximate surface area is 213 Å². The lowest BCUT2D eigenvalue weighted by atomic mass is 10.2. The number of hydrogen-bond donors (Lipinski definition) is 0. The van der Waals surface area contributed by atoms with Gasteiger partial charge < -0.3 is 4.74 Å². The number of aromatic nitrogens is 3. The molecule has 1 aromatic heterocycles. The zero-order valence-corrected chi connectivity index (χ0v) is 21.0. The van der Waals surface area contributed by atoms with Crippen LogP contribution in [0.2, 0.25) is 10.0 Å². The smallest absolute Gasteiger partial charge is 0.212 e. The third kappa shape index (κ3) is 6.63. The average molecular weight is 511 g/mol. The number of hydrogen-bond acceptors (Lipinski definition) is 5. The monoisotopic (exact) mass is 510 g/mol. The SMILES string of the molecule is CCCc1nnc(SCc2ccc(Cl)cc2)n1/N=C/c1ccccc1OCc1ccc(Cl)cc1. The molecule has 0 saturated carbocycles. The van der Waals surface area contributed by atoms with Crippen molar-refractivity contribution in [3.63, 3.8) is 0 Å². The van der Waals surface area contributed by atoms with Gasteiger partial charge in [-0.3, -0.25) is 0 Å². The van der Waals surface area contributed by atoms with Gasteiger partial charge in [-0.2, -0.15) is 9.78 Å². The normalized spacial score (nSPS) is 11.3. The van der Waals surface area contributed by atoms with Crippen molar-refractivity contribution in [2.75, 3.05) is 0 Å². The highest BCUT2D eigenvalue weighted by atomic mass is 35.5. The molecular weight excluding hydrogens is 487 g/mol. The van der Waals surface area contributed by atoms with E-state index in [0.717, 1.165) is 57.0 Å². The maximum absolute atomic E-state index is 6.07. The highest BCUT2D eigenvalue weighted by Gasteiger charge is 2.12. The minimum Gasteiger partial charge on any atom is -0.488 e. The van der Waals surface area contributed by atoms with Gasteiger partial charge in [-0.05, 0) is 53.9 Å². The lowest BCUT2D eigenvalue weighted by Crippen LogP contribution is -2.02. The van der Waals surface area contributed by atoms with Crippen molar-refractivity contribution in [2.24, 2.45) is 5.10 Å². The van der Waals surface area contributed by atoms with Crippen LogP contribution in [0.25, 0.3) is 0 Å². The van der Waals surface area contributed by atoms with Gasteiger partial charge in [0.2, 0.25) is 5.16 Å². The van der Waals surface area contributed by atoms with Gasteiger partial charge >= 0.3 is 0 Å². The molecule has 0 amide bonds. The van der Waals surface area contributed by atoms with Crippen molar-refractivity contribution in [1.82, 2.24) is 14.9 Å². The molecule has 0 fully saturated rings. The first-order chi connectivity index (χ1) is 16.6. The van der Waals surface area contributed by atoms with E-state index in [1.54, 1.807) is 18.0 Å². The van der Waals surface area contributed by atoms with E-state index in [-0.39, 0.29) is 0 Å². The van der Waals surface area contributed by atoms with Gasteiger partial charge in [0.05, 0.1) is 6.21 Å². The fourth-order valence-electron chi connectivity index (χ4n) is 3.19. The molecule has 0 N–H and O–H groups in total. The summed E-state index contributed by atoms with van der Waals surface area (Å²) in [4.78, 5) is 0. The Morgan fingerprint density at radius 1 is 0.912 bits per heavy atom. The molecular formula is C26H24Cl2N4OS. The molecule has 0 aliphatic heterocycles. The van der Waals surface area contributed by atoms with E-state index in [0.29, 0.717) is 11.6 Å². The second-order valence-corrected chi connectivity index (χ2v) is 9.39. The Hall–Kier alpha value is -2.80. The summed E-state index contributed by atoms with van der Waals surface area (Å²) in [6.07, 6.45) is 3.54. The van der Waals surface area contributed by atoms with E-state index in [2.05, 4.69) is 17.1 Å². The third-order valence-corrected chi connectivity index (χ3v) is 6.46. The molecule has 0 bridgehead atoms. The van der Waals surface area contributed by atoms with Crippen LogP contribution in [0.4, 0.5) is 0 Å². The zero-order chi connectivity index (χ0) is 23.8. The minimum absolute atomic E-state index is 0.442. The predicted octanol–water partition coefficient (Wildman–Crippen LogP) is 7.29. The summed E-state index contributed by atoms with van der Waals surface area (Å²) in [5.41, 5.74) is 3.08. The molecule has 0 radical (unpaired) electrons. The number of benzene rings is 3. The van der Waals surface area contributed by atoms with Crippen molar-refractivity contribution in [2.45, 2.75) is 37.3 Å². The van der Waals surface area contributed by atoms with E-state index >= 15 is 0 Å². The standard InChI is InChI=1S/C26H24Cl2N4OS/c1-2-5-25-30-31-26(34-18-20-10-14-23(28)15-11-20)32(25)29-16-21-6-3-4-7-24(21)33-17-19-8-12-22(27)13-9-19/h3-4,6-16H,2,5,17-18H2,1H3/b29-16+. The van der Waals surface area contributed by atoms with Crippen molar-refractivity contribution in [3.05, 3.63) is 105 Å². The first-order valence-corrected chi connectivity index (χ1v) is 12.7. The van der Waals surface area contributed by atoms with Gasteiger partial charge in [-0.1, -0.05) is 78.3 Å². The molecule has 0 saturated heterocycles. The van der Waals surface area contributed by atoms with Crippen LogP contribution in [0.5, 0.6) is 5.75 Å². The van der Waals surface area contributed by atoms with E-state index in [1.807, 2.05) is 77.5 Å². The zero-order valence-electron chi connectivity index (χ0n) is 18.7. The molecule has 4 aromatic rings. The summed E-state index contributed by atoms with van der Waals surface area (Å²) in [5, 5.41) is 15.7. The average Bonchev–Trinajstić information content (AvgIpc) is 3.24. The number of ether oxygens (including phenoxy) is 1. The van der Waals surface area contributed by atoms with Crippen LogP contribution >= 0.6 is 35.0 Å². The Kier molecular flexibility index (Phi) is 8.63. The van der Waals surface area contributed by atoms with Crippen LogP contribution in [0.1, 0.15) is 35.9 Å². The lowest BCUT2D eigenvalue weighted by molar-refractivity contribution is 0.306.